The molecule has 0 amide bonds. The Balaban J connectivity index is 1.69. The standard InChI is InChI=1S/C24H29NO6/c1-4-29-19-9-6-16(7-10-19)11-17-12-18(8-5-14(17)2)24-23(30-15(3)25-24)22(28)21(27)20(13-26)31-24/h5-10,12,20-23,26-28H,4,11,13H2,1-3H3/t20-,21-,22+,23?,24?/m1/s1. The monoisotopic (exact) mass is 427 g/mol. The second-order valence-electron chi connectivity index (χ2n) is 8.08. The highest BCUT2D eigenvalue weighted by Crippen LogP contribution is 2.45. The van der Waals surface area contributed by atoms with E-state index in [2.05, 4.69) is 4.99 Å². The minimum absolute atomic E-state index is 0.364. The Morgan fingerprint density at radius 2 is 1.81 bits per heavy atom. The van der Waals surface area contributed by atoms with Crippen LogP contribution in [0.4, 0.5) is 0 Å². The molecule has 0 saturated carbocycles. The highest BCUT2D eigenvalue weighted by atomic mass is 16.6. The number of ether oxygens (including phenoxy) is 3. The molecule has 2 heterocycles. The van der Waals surface area contributed by atoms with E-state index < -0.39 is 36.7 Å². The fourth-order valence-corrected chi connectivity index (χ4v) is 4.30. The largest absolute Gasteiger partial charge is 0.494 e. The number of nitrogens with zero attached hydrogens (tertiary/aromatic N) is 1. The molecule has 7 heteroatoms. The zero-order chi connectivity index (χ0) is 22.2. The lowest BCUT2D eigenvalue weighted by molar-refractivity contribution is -0.262. The fraction of sp³-hybridized carbons (Fsp3) is 0.458. The van der Waals surface area contributed by atoms with Crippen LogP contribution in [0.3, 0.4) is 0 Å². The molecule has 0 radical (unpaired) electrons. The second-order valence-corrected chi connectivity index (χ2v) is 8.08. The van der Waals surface area contributed by atoms with E-state index in [0.29, 0.717) is 24.5 Å². The van der Waals surface area contributed by atoms with Gasteiger partial charge in [-0.15, -0.1) is 0 Å². The van der Waals surface area contributed by atoms with E-state index in [4.69, 9.17) is 14.2 Å². The summed E-state index contributed by atoms with van der Waals surface area (Å²) in [6.07, 6.45) is -3.68. The van der Waals surface area contributed by atoms with Gasteiger partial charge in [0, 0.05) is 12.5 Å². The average molecular weight is 427 g/mol. The molecule has 31 heavy (non-hydrogen) atoms. The number of aliphatic imine (C=N–C) groups is 1. The molecule has 7 nitrogen and oxygen atoms in total. The lowest BCUT2D eigenvalue weighted by Gasteiger charge is -2.44. The van der Waals surface area contributed by atoms with E-state index in [1.54, 1.807) is 6.92 Å². The fourth-order valence-electron chi connectivity index (χ4n) is 4.30. The van der Waals surface area contributed by atoms with Gasteiger partial charge in [-0.3, -0.25) is 0 Å². The van der Waals surface area contributed by atoms with Gasteiger partial charge in [0.05, 0.1) is 13.2 Å². The predicted molar refractivity (Wildman–Crippen MR) is 115 cm³/mol. The lowest BCUT2D eigenvalue weighted by Crippen LogP contribution is -2.61. The van der Waals surface area contributed by atoms with Crippen molar-refractivity contribution in [2.75, 3.05) is 13.2 Å². The van der Waals surface area contributed by atoms with E-state index >= 15 is 0 Å². The summed E-state index contributed by atoms with van der Waals surface area (Å²) in [6, 6.07) is 13.9. The molecule has 5 atom stereocenters. The van der Waals surface area contributed by atoms with E-state index in [1.165, 1.54) is 0 Å². The molecule has 2 unspecified atom stereocenters. The van der Waals surface area contributed by atoms with Crippen molar-refractivity contribution >= 4 is 5.90 Å². The summed E-state index contributed by atoms with van der Waals surface area (Å²) >= 11 is 0. The Morgan fingerprint density at radius 3 is 2.48 bits per heavy atom. The summed E-state index contributed by atoms with van der Waals surface area (Å²) in [7, 11) is 0. The first-order valence-electron chi connectivity index (χ1n) is 10.6. The van der Waals surface area contributed by atoms with E-state index in [9.17, 15) is 15.3 Å². The molecule has 2 aliphatic rings. The van der Waals surface area contributed by atoms with Crippen molar-refractivity contribution in [3.05, 3.63) is 64.7 Å². The number of benzene rings is 2. The van der Waals surface area contributed by atoms with Crippen LogP contribution in [0.1, 0.15) is 36.1 Å². The molecule has 2 aliphatic heterocycles. The van der Waals surface area contributed by atoms with Crippen molar-refractivity contribution in [2.45, 2.75) is 57.3 Å². The summed E-state index contributed by atoms with van der Waals surface area (Å²) in [5.41, 5.74) is 2.72. The van der Waals surface area contributed by atoms with Crippen molar-refractivity contribution in [2.24, 2.45) is 4.99 Å². The van der Waals surface area contributed by atoms with Crippen LogP contribution in [-0.2, 0) is 21.6 Å². The van der Waals surface area contributed by atoms with Gasteiger partial charge in [0.2, 0.25) is 5.72 Å². The van der Waals surface area contributed by atoms with Gasteiger partial charge in [-0.2, -0.15) is 0 Å². The van der Waals surface area contributed by atoms with Gasteiger partial charge in [-0.1, -0.05) is 30.3 Å². The van der Waals surface area contributed by atoms with Gasteiger partial charge in [0.15, 0.2) is 12.0 Å². The summed E-state index contributed by atoms with van der Waals surface area (Å²) in [5.74, 6) is 1.20. The maximum Gasteiger partial charge on any atom is 0.228 e. The molecule has 4 rings (SSSR count). The SMILES string of the molecule is CCOc1ccc(Cc2cc(C34N=C(C)OC3[C@@H](O)[C@H](O)[C@@H](CO)O4)ccc2C)cc1. The normalized spacial score (nSPS) is 29.8. The molecular weight excluding hydrogens is 398 g/mol. The van der Waals surface area contributed by atoms with Crippen LogP contribution in [0, 0.1) is 6.92 Å². The second kappa shape index (κ2) is 8.59. The third-order valence-electron chi connectivity index (χ3n) is 5.95. The zero-order valence-corrected chi connectivity index (χ0v) is 18.0. The van der Waals surface area contributed by atoms with Gasteiger partial charge in [-0.25, -0.2) is 4.99 Å². The zero-order valence-electron chi connectivity index (χ0n) is 18.0. The van der Waals surface area contributed by atoms with Crippen molar-refractivity contribution in [3.63, 3.8) is 0 Å². The van der Waals surface area contributed by atoms with Crippen LogP contribution < -0.4 is 4.74 Å². The third kappa shape index (κ3) is 3.94. The number of hydrogen-bond donors (Lipinski definition) is 3. The molecule has 0 aromatic heterocycles. The first-order chi connectivity index (χ1) is 14.9. The topological polar surface area (TPSA) is 101 Å². The van der Waals surface area contributed by atoms with Crippen LogP contribution >= 0.6 is 0 Å². The highest BCUT2D eigenvalue weighted by molar-refractivity contribution is 5.76. The number of aliphatic hydroxyl groups is 3. The number of aliphatic hydroxyl groups excluding tert-OH is 3. The molecule has 166 valence electrons. The number of rotatable bonds is 6. The summed E-state index contributed by atoms with van der Waals surface area (Å²) in [6.45, 7) is 5.87. The lowest BCUT2D eigenvalue weighted by atomic mass is 9.85. The summed E-state index contributed by atoms with van der Waals surface area (Å²) in [4.78, 5) is 4.58. The van der Waals surface area contributed by atoms with Gasteiger partial charge < -0.3 is 29.5 Å². The maximum atomic E-state index is 10.7. The molecule has 3 N–H and O–H groups in total. The average Bonchev–Trinajstić information content (AvgIpc) is 3.11. The van der Waals surface area contributed by atoms with Crippen molar-refractivity contribution < 1.29 is 29.5 Å². The van der Waals surface area contributed by atoms with E-state index in [0.717, 1.165) is 22.4 Å². The number of aryl methyl sites for hydroxylation is 1. The van der Waals surface area contributed by atoms with Crippen LogP contribution in [0.25, 0.3) is 0 Å². The smallest absolute Gasteiger partial charge is 0.228 e. The van der Waals surface area contributed by atoms with Gasteiger partial charge >= 0.3 is 0 Å². The van der Waals surface area contributed by atoms with Crippen molar-refractivity contribution in [1.82, 2.24) is 0 Å². The first kappa shape index (κ1) is 21.8. The Kier molecular flexibility index (Phi) is 6.03. The minimum Gasteiger partial charge on any atom is -0.494 e. The number of hydrogen-bond acceptors (Lipinski definition) is 7. The molecule has 1 saturated heterocycles. The minimum atomic E-state index is -1.32. The van der Waals surface area contributed by atoms with Gasteiger partial charge in [-0.05, 0) is 49.1 Å². The van der Waals surface area contributed by atoms with Crippen LogP contribution in [0.5, 0.6) is 5.75 Å². The highest BCUT2D eigenvalue weighted by Gasteiger charge is 2.59. The molecule has 2 aromatic carbocycles. The third-order valence-corrected chi connectivity index (χ3v) is 5.95. The quantitative estimate of drug-likeness (QED) is 0.653. The predicted octanol–water partition coefficient (Wildman–Crippen LogP) is 2.07. The van der Waals surface area contributed by atoms with Crippen LogP contribution in [0.15, 0.2) is 47.5 Å². The maximum absolute atomic E-state index is 10.7. The summed E-state index contributed by atoms with van der Waals surface area (Å²) in [5, 5.41) is 30.7. The Morgan fingerprint density at radius 1 is 1.06 bits per heavy atom. The van der Waals surface area contributed by atoms with Crippen LogP contribution in [0.2, 0.25) is 0 Å². The van der Waals surface area contributed by atoms with E-state index in [-0.39, 0.29) is 0 Å². The molecule has 2 aromatic rings. The summed E-state index contributed by atoms with van der Waals surface area (Å²) < 4.78 is 17.3. The molecule has 0 bridgehead atoms. The Labute approximate surface area is 181 Å². The van der Waals surface area contributed by atoms with Gasteiger partial charge in [0.1, 0.15) is 24.1 Å². The molecule has 0 aliphatic carbocycles. The van der Waals surface area contributed by atoms with Crippen molar-refractivity contribution in [3.8, 4) is 5.75 Å². The van der Waals surface area contributed by atoms with E-state index in [1.807, 2.05) is 56.3 Å². The Bertz CT molecular complexity index is 959. The molecule has 1 fully saturated rings. The first-order valence-corrected chi connectivity index (χ1v) is 10.6. The van der Waals surface area contributed by atoms with Crippen LogP contribution in [-0.4, -0.2) is 58.8 Å². The number of fused-ring (bicyclic) bond motifs is 1. The van der Waals surface area contributed by atoms with Crippen molar-refractivity contribution in [1.29, 1.82) is 0 Å². The molecular formula is C24H29NO6. The molecule has 0 spiro atoms. The Hall–Kier alpha value is -2.45. The van der Waals surface area contributed by atoms with Gasteiger partial charge in [0.25, 0.3) is 0 Å².